The molecule has 114 valence electrons. The molecule has 0 saturated heterocycles. The third kappa shape index (κ3) is 2.75. The van der Waals surface area contributed by atoms with E-state index in [0.29, 0.717) is 24.6 Å². The van der Waals surface area contributed by atoms with Gasteiger partial charge < -0.3 is 9.73 Å². The monoisotopic (exact) mass is 304 g/mol. The molecule has 0 fully saturated rings. The first-order valence-electron chi connectivity index (χ1n) is 7.70. The van der Waals surface area contributed by atoms with E-state index in [9.17, 15) is 4.79 Å². The Hall–Kier alpha value is -2.88. The molecular formula is C19H16N2O2. The van der Waals surface area contributed by atoms with Crippen molar-refractivity contribution in [1.29, 1.82) is 0 Å². The largest absolute Gasteiger partial charge is 0.423 e. The van der Waals surface area contributed by atoms with Gasteiger partial charge in [0.15, 0.2) is 5.76 Å². The maximum absolute atomic E-state index is 11.8. The van der Waals surface area contributed by atoms with Crippen LogP contribution in [0.5, 0.6) is 0 Å². The first-order chi connectivity index (χ1) is 11.3. The van der Waals surface area contributed by atoms with Crippen molar-refractivity contribution in [3.8, 4) is 11.3 Å². The van der Waals surface area contributed by atoms with E-state index in [1.807, 2.05) is 42.5 Å². The van der Waals surface area contributed by atoms with Crippen LogP contribution in [0.2, 0.25) is 0 Å². The van der Waals surface area contributed by atoms with Gasteiger partial charge >= 0.3 is 0 Å². The van der Waals surface area contributed by atoms with Crippen LogP contribution in [-0.4, -0.2) is 10.8 Å². The van der Waals surface area contributed by atoms with Gasteiger partial charge in [-0.2, -0.15) is 0 Å². The predicted molar refractivity (Wildman–Crippen MR) is 88.7 cm³/mol. The summed E-state index contributed by atoms with van der Waals surface area (Å²) in [6, 6.07) is 16.3. The summed E-state index contributed by atoms with van der Waals surface area (Å²) in [5.74, 6) is 0.998. The van der Waals surface area contributed by atoms with E-state index in [1.54, 1.807) is 6.20 Å². The minimum absolute atomic E-state index is 0.282. The van der Waals surface area contributed by atoms with Gasteiger partial charge in [0.25, 0.3) is 6.01 Å². The number of hydrogen-bond acceptors (Lipinski definition) is 4. The van der Waals surface area contributed by atoms with Crippen LogP contribution in [0, 0.1) is 0 Å². The number of rotatable bonds is 3. The van der Waals surface area contributed by atoms with E-state index >= 15 is 0 Å². The first-order valence-corrected chi connectivity index (χ1v) is 7.70. The third-order valence-corrected chi connectivity index (χ3v) is 4.13. The summed E-state index contributed by atoms with van der Waals surface area (Å²) in [4.78, 5) is 16.0. The van der Waals surface area contributed by atoms with Crippen molar-refractivity contribution in [1.82, 2.24) is 4.98 Å². The minimum atomic E-state index is 0.282. The van der Waals surface area contributed by atoms with Crippen molar-refractivity contribution in [2.24, 2.45) is 0 Å². The summed E-state index contributed by atoms with van der Waals surface area (Å²) in [6.07, 6.45) is 3.63. The Morgan fingerprint density at radius 2 is 1.87 bits per heavy atom. The fourth-order valence-corrected chi connectivity index (χ4v) is 2.94. The summed E-state index contributed by atoms with van der Waals surface area (Å²) in [5.41, 5.74) is 4.17. The molecule has 1 heterocycles. The normalized spacial score (nSPS) is 13.7. The molecule has 0 amide bonds. The summed E-state index contributed by atoms with van der Waals surface area (Å²) >= 11 is 0. The molecule has 0 unspecified atom stereocenters. The van der Waals surface area contributed by atoms with E-state index in [4.69, 9.17) is 4.42 Å². The van der Waals surface area contributed by atoms with Gasteiger partial charge in [0.2, 0.25) is 0 Å². The topological polar surface area (TPSA) is 55.1 Å². The molecule has 0 atom stereocenters. The van der Waals surface area contributed by atoms with Gasteiger partial charge in [-0.1, -0.05) is 42.5 Å². The zero-order valence-electron chi connectivity index (χ0n) is 12.6. The fraction of sp³-hybridized carbons (Fsp3) is 0.158. The number of benzene rings is 2. The highest BCUT2D eigenvalue weighted by Gasteiger charge is 2.19. The van der Waals surface area contributed by atoms with Crippen molar-refractivity contribution in [3.05, 3.63) is 65.9 Å². The predicted octanol–water partition coefficient (Wildman–Crippen LogP) is 4.14. The van der Waals surface area contributed by atoms with E-state index in [-0.39, 0.29) is 5.78 Å². The number of carbonyl (C=O) groups is 1. The lowest BCUT2D eigenvalue weighted by Crippen LogP contribution is -2.14. The van der Waals surface area contributed by atoms with Crippen molar-refractivity contribution in [2.45, 2.75) is 19.3 Å². The number of Topliss-reactive ketones (excluding diaryl/α,β-unsaturated/α-hetero) is 1. The second kappa shape index (κ2) is 5.72. The van der Waals surface area contributed by atoms with Crippen LogP contribution < -0.4 is 5.32 Å². The van der Waals surface area contributed by atoms with E-state index in [2.05, 4.69) is 16.4 Å². The minimum Gasteiger partial charge on any atom is -0.423 e. The Kier molecular flexibility index (Phi) is 3.42. The molecule has 1 aliphatic carbocycles. The number of aryl methyl sites for hydroxylation is 1. The van der Waals surface area contributed by atoms with Crippen molar-refractivity contribution >= 4 is 17.5 Å². The lowest BCUT2D eigenvalue weighted by Gasteiger charge is -2.18. The number of carbonyl (C=O) groups excluding carboxylic acids is 1. The third-order valence-electron chi connectivity index (χ3n) is 4.13. The maximum atomic E-state index is 11.8. The average Bonchev–Trinajstić information content (AvgIpc) is 3.05. The molecule has 4 nitrogen and oxygen atoms in total. The van der Waals surface area contributed by atoms with Gasteiger partial charge in [0.05, 0.1) is 6.20 Å². The van der Waals surface area contributed by atoms with Gasteiger partial charge in [0.1, 0.15) is 5.78 Å². The van der Waals surface area contributed by atoms with Crippen molar-refractivity contribution in [3.63, 3.8) is 0 Å². The number of fused-ring (bicyclic) bond motifs is 1. The summed E-state index contributed by atoms with van der Waals surface area (Å²) < 4.78 is 5.78. The Morgan fingerprint density at radius 1 is 1.00 bits per heavy atom. The lowest BCUT2D eigenvalue weighted by molar-refractivity contribution is -0.118. The second-order valence-corrected chi connectivity index (χ2v) is 5.68. The van der Waals surface area contributed by atoms with Gasteiger partial charge in [0, 0.05) is 24.1 Å². The van der Waals surface area contributed by atoms with Crippen LogP contribution in [-0.2, 0) is 17.6 Å². The van der Waals surface area contributed by atoms with Crippen molar-refractivity contribution in [2.75, 3.05) is 5.32 Å². The summed E-state index contributed by atoms with van der Waals surface area (Å²) in [7, 11) is 0. The number of aromatic nitrogens is 1. The summed E-state index contributed by atoms with van der Waals surface area (Å²) in [5, 5.41) is 3.21. The quantitative estimate of drug-likeness (QED) is 0.790. The SMILES string of the molecule is O=C1CCc2cccc(Nc3ncc(-c4ccccc4)o3)c2C1. The van der Waals surface area contributed by atoms with Gasteiger partial charge in [-0.15, -0.1) is 0 Å². The van der Waals surface area contributed by atoms with Gasteiger partial charge in [-0.05, 0) is 23.6 Å². The molecule has 0 bridgehead atoms. The Labute approximate surface area is 134 Å². The Bertz CT molecular complexity index is 853. The number of ketones is 1. The molecule has 23 heavy (non-hydrogen) atoms. The highest BCUT2D eigenvalue weighted by atomic mass is 16.4. The number of hydrogen-bond donors (Lipinski definition) is 1. The molecule has 4 rings (SSSR count). The highest BCUT2D eigenvalue weighted by molar-refractivity contribution is 5.85. The molecular weight excluding hydrogens is 288 g/mol. The molecule has 4 heteroatoms. The Balaban J connectivity index is 1.62. The van der Waals surface area contributed by atoms with Crippen molar-refractivity contribution < 1.29 is 9.21 Å². The summed E-state index contributed by atoms with van der Waals surface area (Å²) in [6.45, 7) is 0. The maximum Gasteiger partial charge on any atom is 0.299 e. The van der Waals surface area contributed by atoms with Gasteiger partial charge in [-0.3, -0.25) is 4.79 Å². The number of anilines is 2. The molecule has 1 N–H and O–H groups in total. The first kappa shape index (κ1) is 13.8. The Morgan fingerprint density at radius 3 is 2.74 bits per heavy atom. The van der Waals surface area contributed by atoms with Crippen LogP contribution >= 0.6 is 0 Å². The van der Waals surface area contributed by atoms with E-state index in [1.165, 1.54) is 5.56 Å². The highest BCUT2D eigenvalue weighted by Crippen LogP contribution is 2.30. The fourth-order valence-electron chi connectivity index (χ4n) is 2.94. The standard InChI is InChI=1S/C19H16N2O2/c22-15-10-9-13-7-4-8-17(16(13)11-15)21-19-20-12-18(23-19)14-5-2-1-3-6-14/h1-8,12H,9-11H2,(H,20,21). The van der Waals surface area contributed by atoms with E-state index < -0.39 is 0 Å². The molecule has 1 aromatic heterocycles. The molecule has 1 aliphatic rings. The van der Waals surface area contributed by atoms with Crippen LogP contribution in [0.3, 0.4) is 0 Å². The zero-order valence-corrected chi connectivity index (χ0v) is 12.6. The molecule has 3 aromatic rings. The molecule has 0 saturated carbocycles. The average molecular weight is 304 g/mol. The number of nitrogens with one attached hydrogen (secondary N) is 1. The zero-order chi connectivity index (χ0) is 15.6. The van der Waals surface area contributed by atoms with Crippen LogP contribution in [0.1, 0.15) is 17.5 Å². The number of oxazole rings is 1. The lowest BCUT2D eigenvalue weighted by atomic mass is 9.89. The van der Waals surface area contributed by atoms with Gasteiger partial charge in [-0.25, -0.2) is 4.98 Å². The van der Waals surface area contributed by atoms with Crippen LogP contribution in [0.25, 0.3) is 11.3 Å². The molecule has 2 aromatic carbocycles. The molecule has 0 radical (unpaired) electrons. The number of nitrogens with zero attached hydrogens (tertiary/aromatic N) is 1. The van der Waals surface area contributed by atoms with Crippen LogP contribution in [0.15, 0.2) is 59.1 Å². The molecule has 0 aliphatic heterocycles. The smallest absolute Gasteiger partial charge is 0.299 e. The second-order valence-electron chi connectivity index (χ2n) is 5.68. The van der Waals surface area contributed by atoms with Crippen LogP contribution in [0.4, 0.5) is 11.7 Å². The van der Waals surface area contributed by atoms with E-state index in [0.717, 1.165) is 23.2 Å². The molecule has 0 spiro atoms.